The molecule has 0 saturated heterocycles. The van der Waals surface area contributed by atoms with E-state index in [1.54, 1.807) is 35.3 Å². The fourth-order valence-electron chi connectivity index (χ4n) is 1.61. The van der Waals surface area contributed by atoms with Crippen LogP contribution in [0.4, 0.5) is 11.5 Å². The molecule has 0 atom stereocenters. The summed E-state index contributed by atoms with van der Waals surface area (Å²) in [5.74, 6) is 1.06. The summed E-state index contributed by atoms with van der Waals surface area (Å²) in [7, 11) is 3.36. The Morgan fingerprint density at radius 3 is 2.83 bits per heavy atom. The number of carbonyl (C=O) groups is 1. The molecule has 0 bridgehead atoms. The average Bonchev–Trinajstić information content (AvgIpc) is 2.77. The van der Waals surface area contributed by atoms with E-state index in [-0.39, 0.29) is 0 Å². The van der Waals surface area contributed by atoms with Crippen LogP contribution in [0.5, 0.6) is 5.75 Å². The maximum atomic E-state index is 11.3. The highest BCUT2D eigenvalue weighted by molar-refractivity contribution is 6.31. The molecule has 0 aliphatic rings. The Morgan fingerprint density at radius 2 is 2.28 bits per heavy atom. The summed E-state index contributed by atoms with van der Waals surface area (Å²) < 4.78 is 6.97. The van der Waals surface area contributed by atoms with Crippen LogP contribution in [0.3, 0.4) is 0 Å². The Labute approximate surface area is 110 Å². The first-order chi connectivity index (χ1) is 8.65. The van der Waals surface area contributed by atoms with Gasteiger partial charge in [-0.05, 0) is 18.2 Å². The number of methoxy groups -OCH3 is 1. The number of aryl methyl sites for hydroxylation is 1. The van der Waals surface area contributed by atoms with Gasteiger partial charge >= 0.3 is 0 Å². The number of hydrogen-bond acceptors (Lipinski definition) is 3. The first-order valence-corrected chi connectivity index (χ1v) is 5.59. The van der Waals surface area contributed by atoms with Crippen LogP contribution < -0.4 is 9.64 Å². The van der Waals surface area contributed by atoms with Crippen molar-refractivity contribution in [2.75, 3.05) is 12.0 Å². The van der Waals surface area contributed by atoms with Crippen molar-refractivity contribution in [3.05, 3.63) is 35.7 Å². The Kier molecular flexibility index (Phi) is 3.53. The van der Waals surface area contributed by atoms with Gasteiger partial charge in [-0.2, -0.15) is 0 Å². The topological polar surface area (TPSA) is 47.4 Å². The molecule has 0 fully saturated rings. The summed E-state index contributed by atoms with van der Waals surface area (Å²) in [6.45, 7) is 0. The molecule has 0 saturated carbocycles. The lowest BCUT2D eigenvalue weighted by atomic mass is 10.2. The molecule has 2 rings (SSSR count). The normalized spacial score (nSPS) is 10.2. The fraction of sp³-hybridized carbons (Fsp3) is 0.167. The van der Waals surface area contributed by atoms with Crippen LogP contribution >= 0.6 is 11.6 Å². The summed E-state index contributed by atoms with van der Waals surface area (Å²) in [5.41, 5.74) is 0.554. The second kappa shape index (κ2) is 5.10. The summed E-state index contributed by atoms with van der Waals surface area (Å²) in [5, 5.41) is 0.522. The van der Waals surface area contributed by atoms with E-state index in [4.69, 9.17) is 16.3 Å². The zero-order valence-electron chi connectivity index (χ0n) is 10.0. The Hall–Kier alpha value is -2.01. The van der Waals surface area contributed by atoms with Gasteiger partial charge in [0, 0.05) is 18.3 Å². The Balaban J connectivity index is 2.50. The van der Waals surface area contributed by atoms with Crippen molar-refractivity contribution in [2.24, 2.45) is 7.05 Å². The first kappa shape index (κ1) is 12.4. The number of ether oxygens (including phenoxy) is 1. The molecule has 2 aromatic rings. The van der Waals surface area contributed by atoms with Crippen LogP contribution in [0.1, 0.15) is 0 Å². The molecule has 0 N–H and O–H groups in total. The predicted molar refractivity (Wildman–Crippen MR) is 69.4 cm³/mol. The van der Waals surface area contributed by atoms with E-state index in [9.17, 15) is 4.79 Å². The summed E-state index contributed by atoms with van der Waals surface area (Å²) in [6, 6.07) is 5.06. The van der Waals surface area contributed by atoms with Crippen LogP contribution in [0, 0.1) is 0 Å². The largest absolute Gasteiger partial charge is 0.495 e. The van der Waals surface area contributed by atoms with Crippen LogP contribution in [0.15, 0.2) is 30.7 Å². The van der Waals surface area contributed by atoms with Gasteiger partial charge in [0.25, 0.3) is 0 Å². The van der Waals surface area contributed by atoms with Gasteiger partial charge < -0.3 is 9.30 Å². The van der Waals surface area contributed by atoms with Crippen LogP contribution in [0.2, 0.25) is 5.02 Å². The summed E-state index contributed by atoms with van der Waals surface area (Å²) in [6.07, 6.45) is 4.02. The molecule has 1 aromatic carbocycles. The van der Waals surface area contributed by atoms with Crippen LogP contribution in [-0.2, 0) is 11.8 Å². The van der Waals surface area contributed by atoms with Crippen LogP contribution in [0.25, 0.3) is 0 Å². The molecule has 94 valence electrons. The summed E-state index contributed by atoms with van der Waals surface area (Å²) in [4.78, 5) is 16.8. The van der Waals surface area contributed by atoms with E-state index < -0.39 is 0 Å². The lowest BCUT2D eigenvalue weighted by Crippen LogP contribution is -2.15. The molecule has 1 heterocycles. The molecule has 1 amide bonds. The molecule has 0 aliphatic heterocycles. The zero-order valence-corrected chi connectivity index (χ0v) is 10.8. The number of imidazole rings is 1. The van der Waals surface area contributed by atoms with E-state index in [0.29, 0.717) is 28.7 Å². The van der Waals surface area contributed by atoms with E-state index in [2.05, 4.69) is 4.98 Å². The zero-order chi connectivity index (χ0) is 13.1. The molecule has 0 aliphatic carbocycles. The number of carbonyl (C=O) groups excluding carboxylic acids is 1. The monoisotopic (exact) mass is 265 g/mol. The Bertz CT molecular complexity index is 568. The number of rotatable bonds is 4. The lowest BCUT2D eigenvalue weighted by Gasteiger charge is -2.17. The van der Waals surface area contributed by atoms with Crippen molar-refractivity contribution in [1.82, 2.24) is 9.55 Å². The van der Waals surface area contributed by atoms with Gasteiger partial charge in [0.1, 0.15) is 5.75 Å². The van der Waals surface area contributed by atoms with Crippen molar-refractivity contribution in [3.63, 3.8) is 0 Å². The van der Waals surface area contributed by atoms with Crippen molar-refractivity contribution in [3.8, 4) is 5.75 Å². The highest BCUT2D eigenvalue weighted by Gasteiger charge is 2.16. The number of hydrogen-bond donors (Lipinski definition) is 0. The maximum Gasteiger partial charge on any atom is 0.220 e. The molecular weight excluding hydrogens is 254 g/mol. The molecule has 0 spiro atoms. The number of aromatic nitrogens is 2. The van der Waals surface area contributed by atoms with Gasteiger partial charge in [-0.25, -0.2) is 4.98 Å². The number of nitrogens with zero attached hydrogens (tertiary/aromatic N) is 3. The standard InChI is InChI=1S/C12H12ClN3O2/c1-15-6-12(14-7-15)16(8-17)10-5-9(13)3-4-11(10)18-2/h3-8H,1-2H3. The number of amides is 1. The molecule has 0 radical (unpaired) electrons. The van der Waals surface area contributed by atoms with Crippen molar-refractivity contribution in [2.45, 2.75) is 0 Å². The highest BCUT2D eigenvalue weighted by Crippen LogP contribution is 2.34. The van der Waals surface area contributed by atoms with Gasteiger partial charge in [0.15, 0.2) is 5.82 Å². The highest BCUT2D eigenvalue weighted by atomic mass is 35.5. The van der Waals surface area contributed by atoms with E-state index >= 15 is 0 Å². The lowest BCUT2D eigenvalue weighted by molar-refractivity contribution is -0.106. The molecular formula is C12H12ClN3O2. The second-order valence-electron chi connectivity index (χ2n) is 3.69. The number of anilines is 2. The number of halogens is 1. The quantitative estimate of drug-likeness (QED) is 0.798. The number of benzene rings is 1. The maximum absolute atomic E-state index is 11.3. The predicted octanol–water partition coefficient (Wildman–Crippen LogP) is 2.38. The molecule has 18 heavy (non-hydrogen) atoms. The third kappa shape index (κ3) is 2.31. The minimum absolute atomic E-state index is 0.507. The second-order valence-corrected chi connectivity index (χ2v) is 4.13. The van der Waals surface area contributed by atoms with Crippen molar-refractivity contribution >= 4 is 29.5 Å². The molecule has 0 unspecified atom stereocenters. The summed E-state index contributed by atoms with van der Waals surface area (Å²) >= 11 is 5.94. The van der Waals surface area contributed by atoms with E-state index in [1.165, 1.54) is 12.0 Å². The van der Waals surface area contributed by atoms with Crippen LogP contribution in [-0.4, -0.2) is 23.1 Å². The minimum atomic E-state index is 0.507. The third-order valence-electron chi connectivity index (χ3n) is 2.44. The minimum Gasteiger partial charge on any atom is -0.495 e. The van der Waals surface area contributed by atoms with Gasteiger partial charge in [-0.15, -0.1) is 0 Å². The third-order valence-corrected chi connectivity index (χ3v) is 2.68. The van der Waals surface area contributed by atoms with Crippen molar-refractivity contribution < 1.29 is 9.53 Å². The fourth-order valence-corrected chi connectivity index (χ4v) is 1.78. The van der Waals surface area contributed by atoms with E-state index in [1.807, 2.05) is 7.05 Å². The molecule has 5 nitrogen and oxygen atoms in total. The average molecular weight is 266 g/mol. The van der Waals surface area contributed by atoms with E-state index in [0.717, 1.165) is 0 Å². The molecule has 1 aromatic heterocycles. The van der Waals surface area contributed by atoms with Gasteiger partial charge in [-0.3, -0.25) is 9.69 Å². The SMILES string of the molecule is COc1ccc(Cl)cc1N(C=O)c1cn(C)cn1. The van der Waals surface area contributed by atoms with Crippen molar-refractivity contribution in [1.29, 1.82) is 0 Å². The smallest absolute Gasteiger partial charge is 0.220 e. The molecule has 6 heteroatoms. The van der Waals surface area contributed by atoms with Gasteiger partial charge in [0.2, 0.25) is 6.41 Å². The van der Waals surface area contributed by atoms with Gasteiger partial charge in [0.05, 0.1) is 19.1 Å². The Morgan fingerprint density at radius 1 is 1.50 bits per heavy atom. The first-order valence-electron chi connectivity index (χ1n) is 5.21. The van der Waals surface area contributed by atoms with Gasteiger partial charge in [-0.1, -0.05) is 11.6 Å².